The monoisotopic (exact) mass is 537 g/mol. The van der Waals surface area contributed by atoms with Crippen molar-refractivity contribution in [2.24, 2.45) is 5.41 Å². The van der Waals surface area contributed by atoms with Crippen LogP contribution >= 0.6 is 11.8 Å². The van der Waals surface area contributed by atoms with Crippen LogP contribution < -0.4 is 5.32 Å². The van der Waals surface area contributed by atoms with E-state index in [4.69, 9.17) is 4.42 Å². The smallest absolute Gasteiger partial charge is 0.407 e. The second-order valence-electron chi connectivity index (χ2n) is 10.1. The van der Waals surface area contributed by atoms with Crippen molar-refractivity contribution in [2.75, 3.05) is 12.3 Å². The number of para-hydroxylation sites is 2. The number of amides is 2. The molecule has 202 valence electrons. The van der Waals surface area contributed by atoms with Crippen LogP contribution in [-0.4, -0.2) is 51.1 Å². The van der Waals surface area contributed by atoms with Gasteiger partial charge in [-0.2, -0.15) is 0 Å². The van der Waals surface area contributed by atoms with E-state index < -0.39 is 23.8 Å². The number of carbonyl (C=O) groups excluding carboxylic acids is 2. The minimum absolute atomic E-state index is 0.192. The summed E-state index contributed by atoms with van der Waals surface area (Å²) in [5.41, 5.74) is 2.07. The minimum atomic E-state index is -1.18. The number of carboxylic acid groups (broad SMARTS) is 1. The van der Waals surface area contributed by atoms with Crippen LogP contribution in [0.3, 0.4) is 0 Å². The number of benzene rings is 2. The fourth-order valence-electron chi connectivity index (χ4n) is 4.90. The number of aromatic nitrogens is 1. The van der Waals surface area contributed by atoms with Crippen molar-refractivity contribution in [3.8, 4) is 0 Å². The number of nitrogens with one attached hydrogen (secondary N) is 1. The molecule has 0 radical (unpaired) electrons. The molecule has 1 fully saturated rings. The highest BCUT2D eigenvalue weighted by atomic mass is 32.2. The van der Waals surface area contributed by atoms with E-state index in [1.165, 1.54) is 16.7 Å². The molecule has 0 bridgehead atoms. The SMILES string of the molecule is CCCC[C@@H](C(=O)C(=O)N[C@H](C)c1ccccc1)N(CC1(CSc2nc3ccccc3o2)CCC1)C(=O)O. The van der Waals surface area contributed by atoms with Gasteiger partial charge in [0, 0.05) is 12.3 Å². The number of unbranched alkanes of at least 4 members (excludes halogenated alkanes) is 1. The fourth-order valence-corrected chi connectivity index (χ4v) is 6.02. The largest absolute Gasteiger partial charge is 0.465 e. The van der Waals surface area contributed by atoms with E-state index in [0.29, 0.717) is 29.4 Å². The summed E-state index contributed by atoms with van der Waals surface area (Å²) in [6.07, 6.45) is 3.24. The van der Waals surface area contributed by atoms with Gasteiger partial charge in [0.2, 0.25) is 5.78 Å². The second kappa shape index (κ2) is 12.5. The predicted octanol–water partition coefficient (Wildman–Crippen LogP) is 6.08. The first kappa shape index (κ1) is 27.7. The molecule has 0 unspecified atom stereocenters. The molecule has 1 heterocycles. The van der Waals surface area contributed by atoms with Crippen LogP contribution in [0.1, 0.15) is 64.0 Å². The van der Waals surface area contributed by atoms with Gasteiger partial charge < -0.3 is 14.8 Å². The number of nitrogens with zero attached hydrogens (tertiary/aromatic N) is 2. The number of thioether (sulfide) groups is 1. The Labute approximate surface area is 227 Å². The molecule has 8 nitrogen and oxygen atoms in total. The minimum Gasteiger partial charge on any atom is -0.465 e. The summed E-state index contributed by atoms with van der Waals surface area (Å²) in [7, 11) is 0. The highest BCUT2D eigenvalue weighted by molar-refractivity contribution is 7.99. The third-order valence-electron chi connectivity index (χ3n) is 7.32. The summed E-state index contributed by atoms with van der Waals surface area (Å²) in [4.78, 5) is 44.6. The molecular formula is C29H35N3O5S. The average molecular weight is 538 g/mol. The Hall–Kier alpha value is -3.33. The van der Waals surface area contributed by atoms with E-state index in [-0.39, 0.29) is 18.0 Å². The number of fused-ring (bicyclic) bond motifs is 1. The van der Waals surface area contributed by atoms with Crippen molar-refractivity contribution >= 4 is 40.6 Å². The first-order valence-electron chi connectivity index (χ1n) is 13.2. The van der Waals surface area contributed by atoms with Gasteiger partial charge in [0.15, 0.2) is 5.58 Å². The zero-order chi connectivity index (χ0) is 27.1. The van der Waals surface area contributed by atoms with E-state index in [1.54, 1.807) is 0 Å². The first-order chi connectivity index (χ1) is 18.3. The van der Waals surface area contributed by atoms with Crippen LogP contribution in [0, 0.1) is 5.41 Å². The number of Topliss-reactive ketones (excluding diaryl/α,β-unsaturated/α-hetero) is 1. The molecule has 0 saturated heterocycles. The maximum absolute atomic E-state index is 13.4. The topological polar surface area (TPSA) is 113 Å². The molecule has 1 aromatic heterocycles. The van der Waals surface area contributed by atoms with Crippen LogP contribution in [-0.2, 0) is 9.59 Å². The standard InChI is InChI=1S/C29H35N3O5S/c1-3-4-14-23(25(33)26(34)30-20(2)21-11-6-5-7-12-21)32(28(35)36)18-29(16-10-17-29)19-38-27-31-22-13-8-9-15-24(22)37-27/h5-9,11-13,15,20,23H,3-4,10,14,16-19H2,1-2H3,(H,30,34)(H,35,36)/t20-,23+/m1/s1. The van der Waals surface area contributed by atoms with E-state index in [2.05, 4.69) is 10.3 Å². The van der Waals surface area contributed by atoms with Crippen LogP contribution in [0.25, 0.3) is 11.1 Å². The lowest BCUT2D eigenvalue weighted by Gasteiger charge is -2.45. The molecule has 3 aromatic rings. The number of hydrogen-bond acceptors (Lipinski definition) is 6. The van der Waals surface area contributed by atoms with Gasteiger partial charge in [-0.05, 0) is 49.3 Å². The summed E-state index contributed by atoms with van der Waals surface area (Å²) in [5, 5.41) is 13.5. The molecule has 2 atom stereocenters. The third kappa shape index (κ3) is 6.56. The van der Waals surface area contributed by atoms with Crippen LogP contribution in [0.5, 0.6) is 0 Å². The van der Waals surface area contributed by atoms with Crippen LogP contribution in [0.15, 0.2) is 64.2 Å². The molecule has 38 heavy (non-hydrogen) atoms. The number of hydrogen-bond donors (Lipinski definition) is 2. The summed E-state index contributed by atoms with van der Waals surface area (Å²) >= 11 is 1.47. The second-order valence-corrected chi connectivity index (χ2v) is 11.1. The molecule has 9 heteroatoms. The maximum Gasteiger partial charge on any atom is 0.407 e. The molecule has 4 rings (SSSR count). The van der Waals surface area contributed by atoms with E-state index in [1.807, 2.05) is 68.4 Å². The quantitative estimate of drug-likeness (QED) is 0.201. The zero-order valence-electron chi connectivity index (χ0n) is 21.9. The van der Waals surface area contributed by atoms with Gasteiger partial charge in [-0.1, -0.05) is 80.4 Å². The van der Waals surface area contributed by atoms with E-state index in [0.717, 1.165) is 36.8 Å². The maximum atomic E-state index is 13.4. The van der Waals surface area contributed by atoms with Crippen molar-refractivity contribution in [1.82, 2.24) is 15.2 Å². The van der Waals surface area contributed by atoms with Crippen LogP contribution in [0.4, 0.5) is 4.79 Å². The van der Waals surface area contributed by atoms with E-state index in [9.17, 15) is 19.5 Å². The molecule has 2 N–H and O–H groups in total. The Morgan fingerprint density at radius 3 is 2.47 bits per heavy atom. The van der Waals surface area contributed by atoms with Crippen molar-refractivity contribution < 1.29 is 23.9 Å². The third-order valence-corrected chi connectivity index (χ3v) is 8.50. The van der Waals surface area contributed by atoms with Gasteiger partial charge >= 0.3 is 6.09 Å². The molecule has 0 aliphatic heterocycles. The molecule has 2 amide bonds. The highest BCUT2D eigenvalue weighted by Gasteiger charge is 2.44. The van der Waals surface area contributed by atoms with Gasteiger partial charge in [0.05, 0.1) is 6.04 Å². The number of oxazole rings is 1. The van der Waals surface area contributed by atoms with Gasteiger partial charge in [0.25, 0.3) is 11.1 Å². The molecule has 2 aromatic carbocycles. The number of ketones is 1. The summed E-state index contributed by atoms with van der Waals surface area (Å²) in [6, 6.07) is 15.5. The highest BCUT2D eigenvalue weighted by Crippen LogP contribution is 2.46. The lowest BCUT2D eigenvalue weighted by atomic mass is 9.69. The normalized spacial score (nSPS) is 15.8. The Morgan fingerprint density at radius 1 is 1.13 bits per heavy atom. The summed E-state index contributed by atoms with van der Waals surface area (Å²) in [5.74, 6) is -0.836. The molecule has 1 aliphatic rings. The molecular weight excluding hydrogens is 502 g/mol. The Morgan fingerprint density at radius 2 is 1.84 bits per heavy atom. The van der Waals surface area contributed by atoms with Crippen molar-refractivity contribution in [3.05, 3.63) is 60.2 Å². The average Bonchev–Trinajstić information content (AvgIpc) is 3.32. The number of carbonyl (C=O) groups is 3. The number of rotatable bonds is 13. The lowest BCUT2D eigenvalue weighted by Crippen LogP contribution is -2.55. The van der Waals surface area contributed by atoms with Gasteiger partial charge in [-0.3, -0.25) is 14.5 Å². The molecule has 1 aliphatic carbocycles. The van der Waals surface area contributed by atoms with Crippen molar-refractivity contribution in [1.29, 1.82) is 0 Å². The lowest BCUT2D eigenvalue weighted by molar-refractivity contribution is -0.141. The van der Waals surface area contributed by atoms with Crippen molar-refractivity contribution in [2.45, 2.75) is 69.7 Å². The first-order valence-corrected chi connectivity index (χ1v) is 14.2. The Bertz CT molecular complexity index is 1220. The molecule has 0 spiro atoms. The Balaban J connectivity index is 1.47. The van der Waals surface area contributed by atoms with Crippen LogP contribution in [0.2, 0.25) is 0 Å². The van der Waals surface area contributed by atoms with Gasteiger partial charge in [0.1, 0.15) is 11.6 Å². The Kier molecular flexibility index (Phi) is 9.09. The summed E-state index contributed by atoms with van der Waals surface area (Å²) in [6.45, 7) is 3.98. The predicted molar refractivity (Wildman–Crippen MR) is 147 cm³/mol. The zero-order valence-corrected chi connectivity index (χ0v) is 22.7. The van der Waals surface area contributed by atoms with Gasteiger partial charge in [-0.25, -0.2) is 9.78 Å². The van der Waals surface area contributed by atoms with E-state index >= 15 is 0 Å². The summed E-state index contributed by atoms with van der Waals surface area (Å²) < 4.78 is 5.84. The van der Waals surface area contributed by atoms with Gasteiger partial charge in [-0.15, -0.1) is 0 Å². The van der Waals surface area contributed by atoms with Crippen molar-refractivity contribution in [3.63, 3.8) is 0 Å². The fraction of sp³-hybridized carbons (Fsp3) is 0.448. The molecule has 1 saturated carbocycles.